The molecule has 0 spiro atoms. The molecule has 0 saturated heterocycles. The Morgan fingerprint density at radius 1 is 1.04 bits per heavy atom. The molecule has 0 heterocycles. The Kier molecular flexibility index (Phi) is 6.44. The Morgan fingerprint density at radius 2 is 1.67 bits per heavy atom. The van der Waals surface area contributed by atoms with E-state index < -0.39 is 29.7 Å². The Hall–Kier alpha value is -3.03. The van der Waals surface area contributed by atoms with Crippen molar-refractivity contribution in [1.29, 1.82) is 0 Å². The van der Waals surface area contributed by atoms with Crippen LogP contribution in [-0.4, -0.2) is 32.1 Å². The van der Waals surface area contributed by atoms with Crippen LogP contribution in [0.5, 0.6) is 5.75 Å². The van der Waals surface area contributed by atoms with Gasteiger partial charge in [0.1, 0.15) is 11.8 Å². The first-order valence-electron chi connectivity index (χ1n) is 7.94. The van der Waals surface area contributed by atoms with Gasteiger partial charge in [0, 0.05) is 12.0 Å². The summed E-state index contributed by atoms with van der Waals surface area (Å²) in [7, 11) is 2.66. The molecule has 0 aromatic heterocycles. The molecular formula is C19H18F3NO4. The third-order valence-corrected chi connectivity index (χ3v) is 3.88. The summed E-state index contributed by atoms with van der Waals surface area (Å²) in [5.41, 5.74) is -0.197. The predicted octanol–water partition coefficient (Wildman–Crippen LogP) is 3.23. The number of esters is 1. The highest BCUT2D eigenvalue weighted by atomic mass is 19.4. The average molecular weight is 381 g/mol. The predicted molar refractivity (Wildman–Crippen MR) is 91.4 cm³/mol. The fourth-order valence-corrected chi connectivity index (χ4v) is 2.48. The molecular weight excluding hydrogens is 363 g/mol. The Bertz CT molecular complexity index is 803. The van der Waals surface area contributed by atoms with Gasteiger partial charge in [-0.25, -0.2) is 4.79 Å². The van der Waals surface area contributed by atoms with Crippen molar-refractivity contribution in [2.24, 2.45) is 0 Å². The molecule has 144 valence electrons. The van der Waals surface area contributed by atoms with Gasteiger partial charge < -0.3 is 14.8 Å². The summed E-state index contributed by atoms with van der Waals surface area (Å²) in [5.74, 6) is -0.828. The van der Waals surface area contributed by atoms with Crippen LogP contribution in [0, 0.1) is 0 Å². The summed E-state index contributed by atoms with van der Waals surface area (Å²) < 4.78 is 47.8. The molecule has 1 amide bonds. The number of amides is 1. The zero-order valence-electron chi connectivity index (χ0n) is 14.7. The number of halogens is 3. The number of nitrogens with one attached hydrogen (secondary N) is 1. The van der Waals surface area contributed by atoms with E-state index in [1.165, 1.54) is 14.2 Å². The van der Waals surface area contributed by atoms with Crippen LogP contribution in [0.15, 0.2) is 48.5 Å². The van der Waals surface area contributed by atoms with Crippen LogP contribution < -0.4 is 10.1 Å². The van der Waals surface area contributed by atoms with Gasteiger partial charge in [0.15, 0.2) is 0 Å². The first-order chi connectivity index (χ1) is 12.8. The van der Waals surface area contributed by atoms with E-state index >= 15 is 0 Å². The van der Waals surface area contributed by atoms with Crippen molar-refractivity contribution in [2.45, 2.75) is 18.6 Å². The number of hydrogen-bond donors (Lipinski definition) is 1. The Balaban J connectivity index is 2.18. The smallest absolute Gasteiger partial charge is 0.416 e. The normalized spacial score (nSPS) is 12.2. The van der Waals surface area contributed by atoms with Gasteiger partial charge in [-0.05, 0) is 35.9 Å². The molecule has 0 aliphatic heterocycles. The number of ether oxygens (including phenoxy) is 2. The van der Waals surface area contributed by atoms with Gasteiger partial charge in [0.2, 0.25) is 0 Å². The lowest BCUT2D eigenvalue weighted by Crippen LogP contribution is -2.43. The highest BCUT2D eigenvalue weighted by Gasteiger charge is 2.30. The maximum absolute atomic E-state index is 12.6. The van der Waals surface area contributed by atoms with Crippen molar-refractivity contribution in [2.75, 3.05) is 14.2 Å². The van der Waals surface area contributed by atoms with Crippen LogP contribution in [0.25, 0.3) is 0 Å². The van der Waals surface area contributed by atoms with E-state index in [-0.39, 0.29) is 12.0 Å². The van der Waals surface area contributed by atoms with Crippen molar-refractivity contribution < 1.29 is 32.2 Å². The average Bonchev–Trinajstić information content (AvgIpc) is 2.66. The number of alkyl halides is 3. The van der Waals surface area contributed by atoms with Gasteiger partial charge in [-0.2, -0.15) is 13.2 Å². The van der Waals surface area contributed by atoms with Gasteiger partial charge in [0.05, 0.1) is 19.8 Å². The molecule has 0 aliphatic carbocycles. The zero-order chi connectivity index (χ0) is 20.0. The molecule has 0 saturated carbocycles. The summed E-state index contributed by atoms with van der Waals surface area (Å²) in [6.45, 7) is 0. The minimum Gasteiger partial charge on any atom is -0.496 e. The molecule has 2 rings (SSSR count). The lowest BCUT2D eigenvalue weighted by molar-refractivity contribution is -0.142. The number of benzene rings is 2. The van der Waals surface area contributed by atoms with Crippen molar-refractivity contribution in [3.05, 3.63) is 65.2 Å². The topological polar surface area (TPSA) is 64.6 Å². The lowest BCUT2D eigenvalue weighted by Gasteiger charge is -2.18. The number of para-hydroxylation sites is 1. The minimum atomic E-state index is -4.49. The molecule has 1 N–H and O–H groups in total. The fourth-order valence-electron chi connectivity index (χ4n) is 2.48. The summed E-state index contributed by atoms with van der Waals surface area (Å²) in [6.07, 6.45) is -4.39. The van der Waals surface area contributed by atoms with Gasteiger partial charge in [-0.1, -0.05) is 18.2 Å². The first-order valence-corrected chi connectivity index (χ1v) is 7.94. The second-order valence-corrected chi connectivity index (χ2v) is 5.64. The molecule has 1 atom stereocenters. The van der Waals surface area contributed by atoms with Gasteiger partial charge in [-0.3, -0.25) is 4.79 Å². The van der Waals surface area contributed by atoms with Gasteiger partial charge in [-0.15, -0.1) is 0 Å². The van der Waals surface area contributed by atoms with Crippen LogP contribution >= 0.6 is 0 Å². The van der Waals surface area contributed by atoms with Crippen LogP contribution in [0.1, 0.15) is 21.5 Å². The number of rotatable bonds is 6. The summed E-state index contributed by atoms with van der Waals surface area (Å²) >= 11 is 0. The minimum absolute atomic E-state index is 0.00284. The van der Waals surface area contributed by atoms with Gasteiger partial charge >= 0.3 is 12.1 Å². The van der Waals surface area contributed by atoms with Gasteiger partial charge in [0.25, 0.3) is 5.91 Å². The summed E-state index contributed by atoms with van der Waals surface area (Å²) in [6, 6.07) is 9.65. The molecule has 5 nitrogen and oxygen atoms in total. The highest BCUT2D eigenvalue weighted by Crippen LogP contribution is 2.29. The van der Waals surface area contributed by atoms with E-state index in [1.54, 1.807) is 24.3 Å². The highest BCUT2D eigenvalue weighted by molar-refractivity contribution is 5.96. The number of carbonyl (C=O) groups is 2. The van der Waals surface area contributed by atoms with Crippen LogP contribution in [-0.2, 0) is 22.1 Å². The van der Waals surface area contributed by atoms with E-state index in [0.29, 0.717) is 11.3 Å². The monoisotopic (exact) mass is 381 g/mol. The van der Waals surface area contributed by atoms with Crippen LogP contribution in [0.2, 0.25) is 0 Å². The van der Waals surface area contributed by atoms with Crippen molar-refractivity contribution in [3.63, 3.8) is 0 Å². The van der Waals surface area contributed by atoms with Crippen LogP contribution in [0.4, 0.5) is 13.2 Å². The molecule has 2 aromatic carbocycles. The molecule has 27 heavy (non-hydrogen) atoms. The SMILES string of the molecule is COC(=O)[C@@H](Cc1ccccc1OC)NC(=O)c1ccc(C(F)(F)F)cc1. The fraction of sp³-hybridized carbons (Fsp3) is 0.263. The molecule has 8 heteroatoms. The molecule has 0 bridgehead atoms. The second kappa shape index (κ2) is 8.57. The third kappa shape index (κ3) is 5.22. The summed E-state index contributed by atoms with van der Waals surface area (Å²) in [4.78, 5) is 24.4. The maximum atomic E-state index is 12.6. The molecule has 0 aliphatic rings. The quantitative estimate of drug-likeness (QED) is 0.781. The Morgan fingerprint density at radius 3 is 2.22 bits per heavy atom. The zero-order valence-corrected chi connectivity index (χ0v) is 14.7. The van der Waals surface area contributed by atoms with Crippen LogP contribution in [0.3, 0.4) is 0 Å². The lowest BCUT2D eigenvalue weighted by atomic mass is 10.0. The molecule has 0 radical (unpaired) electrons. The standard InChI is InChI=1S/C19H18F3NO4/c1-26-16-6-4-3-5-13(16)11-15(18(25)27-2)23-17(24)12-7-9-14(10-8-12)19(20,21)22/h3-10,15H,11H2,1-2H3,(H,23,24)/t15-/m1/s1. The van der Waals surface area contributed by atoms with E-state index in [0.717, 1.165) is 24.3 Å². The Labute approximate surface area is 154 Å². The molecule has 0 fully saturated rings. The first kappa shape index (κ1) is 20.3. The summed E-state index contributed by atoms with van der Waals surface area (Å²) in [5, 5.41) is 2.49. The molecule has 2 aromatic rings. The van der Waals surface area contributed by atoms with E-state index in [1.807, 2.05) is 0 Å². The second-order valence-electron chi connectivity index (χ2n) is 5.64. The third-order valence-electron chi connectivity index (χ3n) is 3.88. The van der Waals surface area contributed by atoms with Crippen molar-refractivity contribution in [3.8, 4) is 5.75 Å². The van der Waals surface area contributed by atoms with E-state index in [4.69, 9.17) is 9.47 Å². The number of methoxy groups -OCH3 is 2. The molecule has 0 unspecified atom stereocenters. The maximum Gasteiger partial charge on any atom is 0.416 e. The van der Waals surface area contributed by atoms with E-state index in [2.05, 4.69) is 5.32 Å². The largest absolute Gasteiger partial charge is 0.496 e. The number of carbonyl (C=O) groups excluding carboxylic acids is 2. The number of hydrogen-bond acceptors (Lipinski definition) is 4. The van der Waals surface area contributed by atoms with E-state index in [9.17, 15) is 22.8 Å². The van der Waals surface area contributed by atoms with Crippen molar-refractivity contribution >= 4 is 11.9 Å². The van der Waals surface area contributed by atoms with Crippen molar-refractivity contribution in [1.82, 2.24) is 5.32 Å².